The van der Waals surface area contributed by atoms with E-state index in [1.165, 1.54) is 28.4 Å². The zero-order chi connectivity index (χ0) is 37.9. The predicted molar refractivity (Wildman–Crippen MR) is 199 cm³/mol. The summed E-state index contributed by atoms with van der Waals surface area (Å²) in [5.74, 6) is 0.299. The molecule has 0 fully saturated rings. The molecule has 278 valence electrons. The van der Waals surface area contributed by atoms with E-state index in [0.717, 1.165) is 38.9 Å². The first-order chi connectivity index (χ1) is 24.9. The van der Waals surface area contributed by atoms with E-state index >= 15 is 0 Å². The van der Waals surface area contributed by atoms with E-state index in [4.69, 9.17) is 51.6 Å². The van der Waals surface area contributed by atoms with Gasteiger partial charge in [-0.05, 0) is 79.1 Å². The minimum Gasteiger partial charge on any atom is -0.481 e. The average Bonchev–Trinajstić information content (AvgIpc) is 3.15. The zero-order valence-electron chi connectivity index (χ0n) is 30.7. The number of esters is 2. The van der Waals surface area contributed by atoms with Crippen molar-refractivity contribution < 1.29 is 38.0 Å². The number of aryl methyl sites for hydroxylation is 1. The van der Waals surface area contributed by atoms with Crippen molar-refractivity contribution in [2.45, 2.75) is 66.3 Å². The van der Waals surface area contributed by atoms with Gasteiger partial charge in [0.2, 0.25) is 23.5 Å². The van der Waals surface area contributed by atoms with Crippen LogP contribution in [0, 0.1) is 19.8 Å². The summed E-state index contributed by atoms with van der Waals surface area (Å²) in [7, 11) is 5.77. The van der Waals surface area contributed by atoms with Gasteiger partial charge in [0.05, 0.1) is 34.4 Å². The SMILES string of the molecule is COC(=O)[C@H](C)CCc1cc(Cl)c(OCc2cccc(-c3cccc(COc4nc(OC)c(CN[C@@H](C)C(=O)OC)cc4Cl)c3C)c2C)nc1OC. The first-order valence-corrected chi connectivity index (χ1v) is 17.5. The Hall–Kier alpha value is -4.58. The summed E-state index contributed by atoms with van der Waals surface area (Å²) in [5, 5.41) is 3.74. The molecule has 11 nitrogen and oxygen atoms in total. The standard InChI is InChI=1S/C39H45Cl2N3O8/c1-22(38(45)49-7)15-16-26-17-32(40)36(43-34(26)47-5)51-20-27-11-9-13-30(23(27)2)31-14-10-12-28(24(31)3)21-52-37-33(41)18-29(35(44-37)48-6)19-42-25(4)39(46)50-8/h9-14,17-18,22,25,42H,15-16,19-21H2,1-8H3/t22-,25+/m1/s1. The quantitative estimate of drug-likeness (QED) is 0.107. The maximum Gasteiger partial charge on any atom is 0.322 e. The highest BCUT2D eigenvalue weighted by Crippen LogP contribution is 2.35. The van der Waals surface area contributed by atoms with Crippen molar-refractivity contribution in [3.8, 4) is 34.6 Å². The van der Waals surface area contributed by atoms with Crippen molar-refractivity contribution in [3.05, 3.63) is 92.0 Å². The molecule has 52 heavy (non-hydrogen) atoms. The molecule has 2 aromatic carbocycles. The van der Waals surface area contributed by atoms with Crippen LogP contribution in [0.15, 0.2) is 48.5 Å². The fourth-order valence-corrected chi connectivity index (χ4v) is 6.08. The van der Waals surface area contributed by atoms with E-state index in [1.807, 2.05) is 38.1 Å². The van der Waals surface area contributed by atoms with Crippen molar-refractivity contribution in [1.82, 2.24) is 15.3 Å². The Morgan fingerprint density at radius 1 is 0.692 bits per heavy atom. The maximum absolute atomic E-state index is 11.8. The normalized spacial score (nSPS) is 12.1. The second-order valence-electron chi connectivity index (χ2n) is 12.2. The van der Waals surface area contributed by atoms with Gasteiger partial charge in [-0.25, -0.2) is 0 Å². The molecule has 0 spiro atoms. The van der Waals surface area contributed by atoms with Crippen molar-refractivity contribution >= 4 is 35.1 Å². The molecule has 2 heterocycles. The van der Waals surface area contributed by atoms with E-state index < -0.39 is 6.04 Å². The van der Waals surface area contributed by atoms with Crippen LogP contribution in [0.1, 0.15) is 53.6 Å². The number of halogens is 2. The Kier molecular flexibility index (Phi) is 14.5. The fraction of sp³-hybridized carbons (Fsp3) is 0.385. The Balaban J connectivity index is 1.48. The van der Waals surface area contributed by atoms with Gasteiger partial charge in [0.1, 0.15) is 29.3 Å². The lowest BCUT2D eigenvalue weighted by Crippen LogP contribution is -2.34. The molecule has 0 saturated heterocycles. The van der Waals surface area contributed by atoms with E-state index in [1.54, 1.807) is 19.1 Å². The Morgan fingerprint density at radius 2 is 1.17 bits per heavy atom. The maximum atomic E-state index is 11.8. The second kappa shape index (κ2) is 18.8. The first kappa shape index (κ1) is 40.2. The minimum atomic E-state index is -0.519. The van der Waals surface area contributed by atoms with E-state index in [-0.39, 0.29) is 42.8 Å². The van der Waals surface area contributed by atoms with Crippen LogP contribution in [-0.2, 0) is 45.2 Å². The molecule has 2 aromatic heterocycles. The lowest BCUT2D eigenvalue weighted by Gasteiger charge is -2.18. The largest absolute Gasteiger partial charge is 0.481 e. The molecule has 0 bridgehead atoms. The van der Waals surface area contributed by atoms with Crippen molar-refractivity contribution in [2.24, 2.45) is 5.92 Å². The van der Waals surface area contributed by atoms with Crippen molar-refractivity contribution in [3.63, 3.8) is 0 Å². The molecule has 0 radical (unpaired) electrons. The monoisotopic (exact) mass is 753 g/mol. The Bertz CT molecular complexity index is 1750. The number of aromatic nitrogens is 2. The summed E-state index contributed by atoms with van der Waals surface area (Å²) in [5.41, 5.74) is 7.54. The summed E-state index contributed by atoms with van der Waals surface area (Å²) in [6, 6.07) is 15.1. The van der Waals surface area contributed by atoms with Crippen LogP contribution in [0.25, 0.3) is 11.1 Å². The highest BCUT2D eigenvalue weighted by atomic mass is 35.5. The second-order valence-corrected chi connectivity index (χ2v) is 13.0. The molecule has 0 aliphatic heterocycles. The number of hydrogen-bond acceptors (Lipinski definition) is 11. The van der Waals surface area contributed by atoms with Crippen LogP contribution in [0.3, 0.4) is 0 Å². The third-order valence-corrected chi connectivity index (χ3v) is 9.41. The van der Waals surface area contributed by atoms with E-state index in [9.17, 15) is 9.59 Å². The van der Waals surface area contributed by atoms with Gasteiger partial charge in [-0.2, -0.15) is 9.97 Å². The molecular weight excluding hydrogens is 709 g/mol. The van der Waals surface area contributed by atoms with Crippen LogP contribution in [0.2, 0.25) is 10.0 Å². The molecule has 2 atom stereocenters. The molecule has 0 saturated carbocycles. The number of benzene rings is 2. The van der Waals surface area contributed by atoms with Crippen LogP contribution < -0.4 is 24.3 Å². The van der Waals surface area contributed by atoms with Gasteiger partial charge in [-0.3, -0.25) is 9.59 Å². The third-order valence-electron chi connectivity index (χ3n) is 8.87. The van der Waals surface area contributed by atoms with Crippen LogP contribution >= 0.6 is 23.2 Å². The summed E-state index contributed by atoms with van der Waals surface area (Å²) < 4.78 is 32.9. The number of carbonyl (C=O) groups is 2. The Morgan fingerprint density at radius 3 is 1.65 bits per heavy atom. The fourth-order valence-electron chi connectivity index (χ4n) is 5.62. The molecular formula is C39H45Cl2N3O8. The van der Waals surface area contributed by atoms with Crippen molar-refractivity contribution in [2.75, 3.05) is 28.4 Å². The number of nitrogens with one attached hydrogen (secondary N) is 1. The number of ether oxygens (including phenoxy) is 6. The number of carbonyl (C=O) groups excluding carboxylic acids is 2. The summed E-state index contributed by atoms with van der Waals surface area (Å²) >= 11 is 13.2. The lowest BCUT2D eigenvalue weighted by molar-refractivity contribution is -0.145. The smallest absolute Gasteiger partial charge is 0.322 e. The van der Waals surface area contributed by atoms with Gasteiger partial charge in [0.25, 0.3) is 0 Å². The molecule has 0 aliphatic rings. The summed E-state index contributed by atoms with van der Waals surface area (Å²) in [6.07, 6.45) is 1.10. The van der Waals surface area contributed by atoms with Crippen LogP contribution in [0.4, 0.5) is 0 Å². The van der Waals surface area contributed by atoms with Crippen molar-refractivity contribution in [1.29, 1.82) is 0 Å². The number of rotatable bonds is 17. The highest BCUT2D eigenvalue weighted by molar-refractivity contribution is 6.32. The molecule has 0 amide bonds. The number of pyridine rings is 2. The molecule has 4 rings (SSSR count). The lowest BCUT2D eigenvalue weighted by atomic mass is 9.92. The van der Waals surface area contributed by atoms with E-state index in [2.05, 4.69) is 34.3 Å². The number of nitrogens with zero attached hydrogens (tertiary/aromatic N) is 2. The topological polar surface area (TPSA) is 127 Å². The predicted octanol–water partition coefficient (Wildman–Crippen LogP) is 7.64. The first-order valence-electron chi connectivity index (χ1n) is 16.7. The average molecular weight is 755 g/mol. The molecule has 13 heteroatoms. The molecule has 4 aromatic rings. The van der Waals surface area contributed by atoms with Gasteiger partial charge in [0, 0.05) is 17.7 Å². The highest BCUT2D eigenvalue weighted by Gasteiger charge is 2.20. The van der Waals surface area contributed by atoms with Crippen LogP contribution in [0.5, 0.6) is 23.5 Å². The van der Waals surface area contributed by atoms with Crippen LogP contribution in [-0.4, -0.2) is 56.4 Å². The summed E-state index contributed by atoms with van der Waals surface area (Å²) in [6.45, 7) is 8.37. The van der Waals surface area contributed by atoms with Gasteiger partial charge >= 0.3 is 11.9 Å². The molecule has 0 unspecified atom stereocenters. The molecule has 0 aliphatic carbocycles. The molecule has 1 N–H and O–H groups in total. The van der Waals surface area contributed by atoms with Gasteiger partial charge < -0.3 is 33.7 Å². The number of methoxy groups -OCH3 is 4. The van der Waals surface area contributed by atoms with Gasteiger partial charge in [-0.15, -0.1) is 0 Å². The van der Waals surface area contributed by atoms with E-state index in [0.29, 0.717) is 46.8 Å². The van der Waals surface area contributed by atoms with Gasteiger partial charge in [0.15, 0.2) is 0 Å². The Labute approximate surface area is 314 Å². The zero-order valence-corrected chi connectivity index (χ0v) is 32.2. The number of hydrogen-bond donors (Lipinski definition) is 1. The summed E-state index contributed by atoms with van der Waals surface area (Å²) in [4.78, 5) is 32.6. The third kappa shape index (κ3) is 9.84. The minimum absolute atomic E-state index is 0.220. The van der Waals surface area contributed by atoms with Gasteiger partial charge in [-0.1, -0.05) is 66.5 Å².